The van der Waals surface area contributed by atoms with Gasteiger partial charge >= 0.3 is 0 Å². The SMILES string of the molecule is CC1=C/C(C)=N/C(c2ccc(C3(C)CC3)cc2)=C(Cl)\C=N\1. The van der Waals surface area contributed by atoms with E-state index in [9.17, 15) is 0 Å². The van der Waals surface area contributed by atoms with E-state index in [1.165, 1.54) is 18.4 Å². The lowest BCUT2D eigenvalue weighted by atomic mass is 9.96. The number of hydrogen-bond donors (Lipinski definition) is 0. The summed E-state index contributed by atoms with van der Waals surface area (Å²) >= 11 is 6.36. The lowest BCUT2D eigenvalue weighted by molar-refractivity contribution is 0.788. The lowest BCUT2D eigenvalue weighted by Crippen LogP contribution is -2.00. The lowest BCUT2D eigenvalue weighted by Gasteiger charge is -2.11. The Morgan fingerprint density at radius 2 is 1.76 bits per heavy atom. The van der Waals surface area contributed by atoms with Gasteiger partial charge in [0.05, 0.1) is 10.7 Å². The van der Waals surface area contributed by atoms with E-state index >= 15 is 0 Å². The summed E-state index contributed by atoms with van der Waals surface area (Å²) in [5, 5.41) is 0.576. The summed E-state index contributed by atoms with van der Waals surface area (Å²) in [6, 6.07) is 8.61. The zero-order chi connectivity index (χ0) is 15.0. The van der Waals surface area contributed by atoms with Gasteiger partial charge in [0.1, 0.15) is 0 Å². The molecule has 108 valence electrons. The van der Waals surface area contributed by atoms with E-state index in [-0.39, 0.29) is 0 Å². The molecule has 1 fully saturated rings. The van der Waals surface area contributed by atoms with Crippen LogP contribution in [0.2, 0.25) is 0 Å². The fraction of sp³-hybridized carbons (Fsp3) is 0.333. The van der Waals surface area contributed by atoms with Gasteiger partial charge in [0.15, 0.2) is 0 Å². The van der Waals surface area contributed by atoms with Gasteiger partial charge in [0, 0.05) is 23.2 Å². The van der Waals surface area contributed by atoms with Crippen LogP contribution in [-0.2, 0) is 5.41 Å². The van der Waals surface area contributed by atoms with Gasteiger partial charge in [0.2, 0.25) is 0 Å². The average molecular weight is 299 g/mol. The molecule has 0 bridgehead atoms. The molecule has 0 unspecified atom stereocenters. The van der Waals surface area contributed by atoms with Crippen LogP contribution >= 0.6 is 11.6 Å². The van der Waals surface area contributed by atoms with Crippen LogP contribution < -0.4 is 0 Å². The molecule has 21 heavy (non-hydrogen) atoms. The van der Waals surface area contributed by atoms with Gasteiger partial charge in [-0.1, -0.05) is 42.8 Å². The predicted molar refractivity (Wildman–Crippen MR) is 91.2 cm³/mol. The Balaban J connectivity index is 1.98. The van der Waals surface area contributed by atoms with Gasteiger partial charge < -0.3 is 0 Å². The first-order valence-electron chi connectivity index (χ1n) is 7.26. The van der Waals surface area contributed by atoms with Gasteiger partial charge in [-0.15, -0.1) is 0 Å². The highest BCUT2D eigenvalue weighted by atomic mass is 35.5. The van der Waals surface area contributed by atoms with Crippen LogP contribution in [0.5, 0.6) is 0 Å². The maximum Gasteiger partial charge on any atom is 0.0907 e. The standard InChI is InChI=1S/C18H19ClN2/c1-12-10-13(2)21-17(16(19)11-20-12)14-4-6-15(7-5-14)18(3)8-9-18/h4-7,10-11H,8-9H2,1-3H3/b12-10-,13-10?,16-11?,17-16+,20-11+,20-12?,21-13+,21-17?. The molecule has 1 saturated carbocycles. The molecular weight excluding hydrogens is 280 g/mol. The van der Waals surface area contributed by atoms with E-state index < -0.39 is 0 Å². The Morgan fingerprint density at radius 1 is 1.10 bits per heavy atom. The number of rotatable bonds is 2. The van der Waals surface area contributed by atoms with Crippen LogP contribution in [0.3, 0.4) is 0 Å². The molecule has 3 heteroatoms. The van der Waals surface area contributed by atoms with Crippen LogP contribution in [0.1, 0.15) is 44.7 Å². The molecule has 1 aliphatic heterocycles. The second kappa shape index (κ2) is 5.27. The van der Waals surface area contributed by atoms with Crippen molar-refractivity contribution in [3.8, 4) is 0 Å². The summed E-state index contributed by atoms with van der Waals surface area (Å²) in [5.41, 5.74) is 5.43. The summed E-state index contributed by atoms with van der Waals surface area (Å²) in [6.07, 6.45) is 6.20. The fourth-order valence-electron chi connectivity index (χ4n) is 2.53. The van der Waals surface area contributed by atoms with Crippen molar-refractivity contribution in [1.29, 1.82) is 0 Å². The highest BCUT2D eigenvalue weighted by molar-refractivity contribution is 6.42. The fourth-order valence-corrected chi connectivity index (χ4v) is 2.73. The van der Waals surface area contributed by atoms with Crippen molar-refractivity contribution in [3.63, 3.8) is 0 Å². The first kappa shape index (κ1) is 14.3. The molecule has 3 rings (SSSR count). The number of benzene rings is 1. The Bertz CT molecular complexity index is 686. The minimum atomic E-state index is 0.387. The molecule has 0 amide bonds. The molecule has 0 saturated heterocycles. The number of aliphatic imine (C=N–C) groups is 2. The van der Waals surface area contributed by atoms with Crippen LogP contribution in [0.15, 0.2) is 51.1 Å². The van der Waals surface area contributed by atoms with Crippen molar-refractivity contribution in [3.05, 3.63) is 52.2 Å². The van der Waals surface area contributed by atoms with Gasteiger partial charge in [-0.25, -0.2) is 0 Å². The molecule has 1 aromatic rings. The Morgan fingerprint density at radius 3 is 2.38 bits per heavy atom. The van der Waals surface area contributed by atoms with Crippen LogP contribution in [-0.4, -0.2) is 11.9 Å². The second-order valence-corrected chi connectivity index (χ2v) is 6.54. The van der Waals surface area contributed by atoms with E-state index in [0.717, 1.165) is 22.7 Å². The summed E-state index contributed by atoms with van der Waals surface area (Å²) in [5.74, 6) is 0. The van der Waals surface area contributed by atoms with Crippen molar-refractivity contribution < 1.29 is 0 Å². The first-order chi connectivity index (χ1) is 9.98. The van der Waals surface area contributed by atoms with Crippen molar-refractivity contribution in [2.24, 2.45) is 9.98 Å². The molecule has 0 radical (unpaired) electrons. The monoisotopic (exact) mass is 298 g/mol. The minimum absolute atomic E-state index is 0.387. The zero-order valence-electron chi connectivity index (χ0n) is 12.7. The van der Waals surface area contributed by atoms with Gasteiger partial charge in [-0.3, -0.25) is 9.98 Å². The number of allylic oxidation sites excluding steroid dienone is 3. The van der Waals surface area contributed by atoms with Crippen molar-refractivity contribution in [2.75, 3.05) is 0 Å². The molecule has 1 aromatic carbocycles. The molecule has 0 spiro atoms. The summed E-state index contributed by atoms with van der Waals surface area (Å²) in [4.78, 5) is 8.96. The largest absolute Gasteiger partial charge is 0.260 e. The number of hydrogen-bond acceptors (Lipinski definition) is 2. The summed E-state index contributed by atoms with van der Waals surface area (Å²) in [7, 11) is 0. The Hall–Kier alpha value is -1.67. The van der Waals surface area contributed by atoms with E-state index in [1.54, 1.807) is 6.21 Å². The van der Waals surface area contributed by atoms with E-state index in [0.29, 0.717) is 10.4 Å². The third kappa shape index (κ3) is 3.01. The molecule has 1 aliphatic carbocycles. The van der Waals surface area contributed by atoms with Crippen molar-refractivity contribution in [1.82, 2.24) is 0 Å². The third-order valence-electron chi connectivity index (χ3n) is 4.17. The quantitative estimate of drug-likeness (QED) is 0.726. The topological polar surface area (TPSA) is 24.7 Å². The molecule has 0 N–H and O–H groups in total. The molecule has 2 nitrogen and oxygen atoms in total. The molecule has 2 aliphatic rings. The Kier molecular flexibility index (Phi) is 3.58. The molecule has 0 aromatic heterocycles. The highest BCUT2D eigenvalue weighted by Crippen LogP contribution is 2.47. The molecule has 1 heterocycles. The van der Waals surface area contributed by atoms with Crippen LogP contribution in [0.4, 0.5) is 0 Å². The molecule has 0 atom stereocenters. The normalized spacial score (nSPS) is 30.5. The zero-order valence-corrected chi connectivity index (χ0v) is 13.4. The van der Waals surface area contributed by atoms with Gasteiger partial charge in [0.25, 0.3) is 0 Å². The maximum absolute atomic E-state index is 6.36. The molecular formula is C18H19ClN2. The van der Waals surface area contributed by atoms with Crippen molar-refractivity contribution in [2.45, 2.75) is 39.0 Å². The second-order valence-electron chi connectivity index (χ2n) is 6.13. The first-order valence-corrected chi connectivity index (χ1v) is 7.64. The Labute approximate surface area is 131 Å². The predicted octanol–water partition coefficient (Wildman–Crippen LogP) is 5.09. The maximum atomic E-state index is 6.36. The van der Waals surface area contributed by atoms with E-state index in [4.69, 9.17) is 11.6 Å². The summed E-state index contributed by atoms with van der Waals surface area (Å²) in [6.45, 7) is 6.22. The van der Waals surface area contributed by atoms with E-state index in [2.05, 4.69) is 41.2 Å². The van der Waals surface area contributed by atoms with Crippen molar-refractivity contribution >= 4 is 29.2 Å². The highest BCUT2D eigenvalue weighted by Gasteiger charge is 2.38. The van der Waals surface area contributed by atoms with Crippen LogP contribution in [0.25, 0.3) is 5.70 Å². The number of nitrogens with zero attached hydrogens (tertiary/aromatic N) is 2. The third-order valence-corrected chi connectivity index (χ3v) is 4.45. The van der Waals surface area contributed by atoms with Crippen LogP contribution in [0, 0.1) is 0 Å². The summed E-state index contributed by atoms with van der Waals surface area (Å²) < 4.78 is 0. The van der Waals surface area contributed by atoms with Gasteiger partial charge in [-0.2, -0.15) is 0 Å². The smallest absolute Gasteiger partial charge is 0.0907 e. The minimum Gasteiger partial charge on any atom is -0.260 e. The average Bonchev–Trinajstić information content (AvgIpc) is 3.20. The van der Waals surface area contributed by atoms with Gasteiger partial charge in [-0.05, 0) is 43.7 Å². The van der Waals surface area contributed by atoms with E-state index in [1.807, 2.05) is 19.9 Å². The number of halogens is 1.